The van der Waals surface area contributed by atoms with Crippen molar-refractivity contribution in [1.29, 1.82) is 0 Å². The second kappa shape index (κ2) is 8.28. The van der Waals surface area contributed by atoms with Crippen molar-refractivity contribution in [2.75, 3.05) is 13.1 Å². The molecule has 0 saturated heterocycles. The summed E-state index contributed by atoms with van der Waals surface area (Å²) in [6.45, 7) is 6.64. The van der Waals surface area contributed by atoms with Gasteiger partial charge in [-0.25, -0.2) is 4.39 Å². The summed E-state index contributed by atoms with van der Waals surface area (Å²) >= 11 is 3.52. The van der Waals surface area contributed by atoms with E-state index in [0.717, 1.165) is 29.9 Å². The van der Waals surface area contributed by atoms with Crippen LogP contribution in [0.5, 0.6) is 0 Å². The minimum atomic E-state index is -0.166. The smallest absolute Gasteiger partial charge is 0.124 e. The first-order valence-corrected chi connectivity index (χ1v) is 9.00. The highest BCUT2D eigenvalue weighted by Gasteiger charge is 2.25. The van der Waals surface area contributed by atoms with Crippen molar-refractivity contribution < 1.29 is 4.39 Å². The molecule has 1 N–H and O–H groups in total. The van der Waals surface area contributed by atoms with Gasteiger partial charge in [0.15, 0.2) is 0 Å². The van der Waals surface area contributed by atoms with E-state index < -0.39 is 0 Å². The van der Waals surface area contributed by atoms with Crippen molar-refractivity contribution in [3.05, 3.63) is 34.1 Å². The van der Waals surface area contributed by atoms with Gasteiger partial charge in [-0.1, -0.05) is 61.5 Å². The molecule has 1 saturated carbocycles. The summed E-state index contributed by atoms with van der Waals surface area (Å²) in [5.41, 5.74) is 1.24. The van der Waals surface area contributed by atoms with Crippen LogP contribution in [0.15, 0.2) is 22.7 Å². The fourth-order valence-corrected chi connectivity index (χ4v) is 3.87. The maximum atomic E-state index is 13.2. The summed E-state index contributed by atoms with van der Waals surface area (Å²) in [6, 6.07) is 5.10. The minimum absolute atomic E-state index is 0.166. The van der Waals surface area contributed by atoms with E-state index in [1.54, 1.807) is 12.1 Å². The van der Waals surface area contributed by atoms with Gasteiger partial charge in [-0.15, -0.1) is 0 Å². The van der Waals surface area contributed by atoms with E-state index >= 15 is 0 Å². The van der Waals surface area contributed by atoms with E-state index in [4.69, 9.17) is 0 Å². The molecule has 1 fully saturated rings. The first kappa shape index (κ1) is 17.0. The fourth-order valence-electron chi connectivity index (χ4n) is 3.36. The molecule has 1 aromatic rings. The van der Waals surface area contributed by atoms with Crippen molar-refractivity contribution >= 4 is 15.9 Å². The largest absolute Gasteiger partial charge is 0.316 e. The molecule has 0 amide bonds. The molecule has 0 spiro atoms. The van der Waals surface area contributed by atoms with Gasteiger partial charge in [0.2, 0.25) is 0 Å². The predicted molar refractivity (Wildman–Crippen MR) is 91.0 cm³/mol. The van der Waals surface area contributed by atoms with Gasteiger partial charge in [-0.3, -0.25) is 0 Å². The van der Waals surface area contributed by atoms with Crippen LogP contribution < -0.4 is 5.32 Å². The molecule has 118 valence electrons. The quantitative estimate of drug-likeness (QED) is 0.710. The minimum Gasteiger partial charge on any atom is -0.316 e. The number of halogens is 2. The molecule has 1 aliphatic carbocycles. The third-order valence-corrected chi connectivity index (χ3v) is 5.26. The summed E-state index contributed by atoms with van der Waals surface area (Å²) in [5, 5.41) is 3.62. The molecule has 0 radical (unpaired) electrons. The van der Waals surface area contributed by atoms with Crippen LogP contribution >= 0.6 is 15.9 Å². The Balaban J connectivity index is 2.00. The Morgan fingerprint density at radius 3 is 2.57 bits per heavy atom. The summed E-state index contributed by atoms with van der Waals surface area (Å²) in [5.74, 6) is 2.00. The fraction of sp³-hybridized carbons (Fsp3) is 0.667. The molecule has 0 heterocycles. The Kier molecular flexibility index (Phi) is 6.69. The number of hydrogen-bond acceptors (Lipinski definition) is 1. The first-order valence-electron chi connectivity index (χ1n) is 8.21. The Morgan fingerprint density at radius 2 is 1.95 bits per heavy atom. The van der Waals surface area contributed by atoms with E-state index in [1.807, 2.05) is 6.07 Å². The van der Waals surface area contributed by atoms with E-state index in [1.165, 1.54) is 31.2 Å². The normalized spacial score (nSPS) is 17.6. The second-order valence-corrected chi connectivity index (χ2v) is 7.65. The topological polar surface area (TPSA) is 12.0 Å². The zero-order valence-corrected chi connectivity index (χ0v) is 14.8. The molecule has 1 unspecified atom stereocenters. The highest BCUT2D eigenvalue weighted by atomic mass is 79.9. The van der Waals surface area contributed by atoms with Gasteiger partial charge in [-0.05, 0) is 55.0 Å². The molecule has 3 heteroatoms. The summed E-state index contributed by atoms with van der Waals surface area (Å²) in [7, 11) is 0. The number of benzene rings is 1. The van der Waals surface area contributed by atoms with E-state index in [2.05, 4.69) is 35.1 Å². The Morgan fingerprint density at radius 1 is 1.24 bits per heavy atom. The van der Waals surface area contributed by atoms with Gasteiger partial charge in [0.1, 0.15) is 5.82 Å². The molecule has 1 aromatic carbocycles. The van der Waals surface area contributed by atoms with Gasteiger partial charge in [0, 0.05) is 4.47 Å². The monoisotopic (exact) mass is 355 g/mol. The summed E-state index contributed by atoms with van der Waals surface area (Å²) in [4.78, 5) is 0. The molecular weight excluding hydrogens is 329 g/mol. The van der Waals surface area contributed by atoms with E-state index in [0.29, 0.717) is 11.8 Å². The van der Waals surface area contributed by atoms with Crippen LogP contribution in [0, 0.1) is 23.6 Å². The lowest BCUT2D eigenvalue weighted by Gasteiger charge is -2.25. The van der Waals surface area contributed by atoms with Crippen molar-refractivity contribution in [2.45, 2.75) is 46.0 Å². The van der Waals surface area contributed by atoms with Crippen molar-refractivity contribution in [3.8, 4) is 0 Å². The second-order valence-electron chi connectivity index (χ2n) is 6.80. The molecule has 1 atom stereocenters. The molecular formula is C18H27BrFN. The highest BCUT2D eigenvalue weighted by molar-refractivity contribution is 9.10. The number of nitrogens with one attached hydrogen (secondary N) is 1. The van der Waals surface area contributed by atoms with Crippen LogP contribution in [0.2, 0.25) is 0 Å². The van der Waals surface area contributed by atoms with Gasteiger partial charge in [0.05, 0.1) is 0 Å². The third-order valence-electron chi connectivity index (χ3n) is 4.52. The first-order chi connectivity index (χ1) is 10.1. The lowest BCUT2D eigenvalue weighted by atomic mass is 9.85. The predicted octanol–water partition coefficient (Wildman–Crippen LogP) is 5.18. The molecule has 0 aromatic heterocycles. The van der Waals surface area contributed by atoms with Crippen LogP contribution in [0.25, 0.3) is 0 Å². The van der Waals surface area contributed by atoms with Crippen molar-refractivity contribution in [3.63, 3.8) is 0 Å². The van der Waals surface area contributed by atoms with Crippen LogP contribution in [0.4, 0.5) is 4.39 Å². The van der Waals surface area contributed by atoms with E-state index in [-0.39, 0.29) is 5.82 Å². The lowest BCUT2D eigenvalue weighted by Crippen LogP contribution is -2.31. The zero-order chi connectivity index (χ0) is 15.2. The molecule has 1 nitrogen and oxygen atoms in total. The molecule has 2 rings (SSSR count). The van der Waals surface area contributed by atoms with Gasteiger partial charge < -0.3 is 5.32 Å². The molecule has 0 aliphatic heterocycles. The van der Waals surface area contributed by atoms with Crippen LogP contribution in [-0.4, -0.2) is 13.1 Å². The summed E-state index contributed by atoms with van der Waals surface area (Å²) in [6.07, 6.45) is 6.49. The maximum absolute atomic E-state index is 13.2. The van der Waals surface area contributed by atoms with Crippen LogP contribution in [-0.2, 0) is 6.42 Å². The zero-order valence-electron chi connectivity index (χ0n) is 13.2. The van der Waals surface area contributed by atoms with E-state index in [9.17, 15) is 4.39 Å². The van der Waals surface area contributed by atoms with Crippen molar-refractivity contribution in [1.82, 2.24) is 5.32 Å². The Bertz CT molecular complexity index is 441. The third kappa shape index (κ3) is 5.37. The van der Waals surface area contributed by atoms with Gasteiger partial charge >= 0.3 is 0 Å². The average Bonchev–Trinajstić information content (AvgIpc) is 2.93. The van der Waals surface area contributed by atoms with Crippen molar-refractivity contribution in [2.24, 2.45) is 17.8 Å². The Labute approximate surface area is 136 Å². The summed E-state index contributed by atoms with van der Waals surface area (Å²) < 4.78 is 14.1. The maximum Gasteiger partial charge on any atom is 0.124 e. The van der Waals surface area contributed by atoms with Gasteiger partial charge in [-0.2, -0.15) is 0 Å². The Hall–Kier alpha value is -0.410. The van der Waals surface area contributed by atoms with Gasteiger partial charge in [0.25, 0.3) is 0 Å². The number of rotatable bonds is 7. The highest BCUT2D eigenvalue weighted by Crippen LogP contribution is 2.34. The lowest BCUT2D eigenvalue weighted by molar-refractivity contribution is 0.315. The SMILES string of the molecule is CC(C)CNCC(Cc1ccc(F)cc1Br)C1CCCC1. The van der Waals surface area contributed by atoms with Crippen LogP contribution in [0.1, 0.15) is 45.1 Å². The average molecular weight is 356 g/mol. The number of hydrogen-bond donors (Lipinski definition) is 1. The molecule has 0 bridgehead atoms. The van der Waals surface area contributed by atoms with Crippen LogP contribution in [0.3, 0.4) is 0 Å². The standard InChI is InChI=1S/C18H27BrFN/c1-13(2)11-21-12-16(14-5-3-4-6-14)9-15-7-8-17(20)10-18(15)19/h7-8,10,13-14,16,21H,3-6,9,11-12H2,1-2H3. The molecule has 1 aliphatic rings. The molecule has 21 heavy (non-hydrogen) atoms.